The summed E-state index contributed by atoms with van der Waals surface area (Å²) in [4.78, 5) is 34.0. The molecule has 192 valence electrons. The number of halogens is 2. The Morgan fingerprint density at radius 2 is 2.00 bits per heavy atom. The molecule has 3 heterocycles. The van der Waals surface area contributed by atoms with Crippen molar-refractivity contribution in [3.8, 4) is 11.1 Å². The third kappa shape index (κ3) is 4.48. The molecule has 0 aliphatic heterocycles. The van der Waals surface area contributed by atoms with Gasteiger partial charge in [0.05, 0.1) is 17.6 Å². The van der Waals surface area contributed by atoms with Crippen molar-refractivity contribution in [2.75, 3.05) is 0 Å². The Bertz CT molecular complexity index is 1780. The minimum Gasteiger partial charge on any atom is -0.331 e. The first-order valence-corrected chi connectivity index (χ1v) is 13.7. The van der Waals surface area contributed by atoms with Crippen LogP contribution in [0.15, 0.2) is 65.6 Å². The normalized spacial score (nSPS) is 13.3. The Balaban J connectivity index is 1.63. The number of rotatable bonds is 7. The van der Waals surface area contributed by atoms with Gasteiger partial charge in [-0.1, -0.05) is 36.7 Å². The average Bonchev–Trinajstić information content (AvgIpc) is 3.70. The van der Waals surface area contributed by atoms with Crippen molar-refractivity contribution in [1.29, 1.82) is 0 Å². The van der Waals surface area contributed by atoms with E-state index < -0.39 is 0 Å². The van der Waals surface area contributed by atoms with Crippen LogP contribution in [0, 0.1) is 5.82 Å². The molecule has 2 aromatic carbocycles. The van der Waals surface area contributed by atoms with Gasteiger partial charge in [-0.25, -0.2) is 9.37 Å². The van der Waals surface area contributed by atoms with Gasteiger partial charge in [-0.2, -0.15) is 0 Å². The lowest BCUT2D eigenvalue weighted by Crippen LogP contribution is -2.23. The average molecular weight is 547 g/mol. The molecule has 9 heteroatoms. The number of pyridine rings is 2. The Labute approximate surface area is 227 Å². The van der Waals surface area contributed by atoms with E-state index >= 15 is 4.39 Å². The number of hydrogen-bond donors (Lipinski definition) is 2. The molecule has 0 saturated heterocycles. The predicted molar refractivity (Wildman–Crippen MR) is 151 cm³/mol. The van der Waals surface area contributed by atoms with Crippen LogP contribution < -0.4 is 10.3 Å². The SMILES string of the molecule is CCc1cc2c(-c3ccc[nH]c3=O)c(C(=O)NSC3CC3)n(Cc3cc4ccccc4nc3Cl)c2cc1F. The fourth-order valence-electron chi connectivity index (χ4n) is 4.77. The zero-order valence-corrected chi connectivity index (χ0v) is 22.1. The standard InChI is InChI=1S/C29H24ClFN4O2S/c1-2-16-13-21-24(14-22(16)31)35(15-18-12-17-6-3-4-8-23(17)33-27(18)30)26(29(37)34-38-19-9-10-19)25(21)20-7-5-11-32-28(20)36/h3-8,11-14,19H,2,9-10,15H2,1H3,(H,32,36)(H,34,37). The number of para-hydroxylation sites is 1. The highest BCUT2D eigenvalue weighted by molar-refractivity contribution is 7.98. The van der Waals surface area contributed by atoms with Crippen LogP contribution in [0.2, 0.25) is 5.15 Å². The number of carbonyl (C=O) groups is 1. The maximum Gasteiger partial charge on any atom is 0.278 e. The van der Waals surface area contributed by atoms with E-state index in [2.05, 4.69) is 14.7 Å². The summed E-state index contributed by atoms with van der Waals surface area (Å²) in [6, 6.07) is 16.2. The minimum atomic E-state index is -0.366. The first kappa shape index (κ1) is 24.7. The molecule has 0 unspecified atom stereocenters. The molecule has 38 heavy (non-hydrogen) atoms. The lowest BCUT2D eigenvalue weighted by molar-refractivity contribution is 0.0977. The minimum absolute atomic E-state index is 0.166. The number of aromatic amines is 1. The second-order valence-corrected chi connectivity index (χ2v) is 10.9. The number of amides is 1. The van der Waals surface area contributed by atoms with Crippen LogP contribution in [0.1, 0.15) is 41.4 Å². The molecule has 0 radical (unpaired) electrons. The van der Waals surface area contributed by atoms with Crippen LogP contribution >= 0.6 is 23.5 Å². The molecule has 1 aliphatic rings. The molecule has 0 atom stereocenters. The third-order valence-corrected chi connectivity index (χ3v) is 8.27. The Morgan fingerprint density at radius 3 is 2.76 bits per heavy atom. The van der Waals surface area contributed by atoms with Crippen molar-refractivity contribution in [1.82, 2.24) is 19.3 Å². The summed E-state index contributed by atoms with van der Waals surface area (Å²) in [6.45, 7) is 2.04. The number of nitrogens with zero attached hydrogens (tertiary/aromatic N) is 2. The maximum atomic E-state index is 15.2. The molecular formula is C29H24ClFN4O2S. The molecule has 6 nitrogen and oxygen atoms in total. The van der Waals surface area contributed by atoms with Gasteiger partial charge in [0.1, 0.15) is 16.7 Å². The Hall–Kier alpha value is -3.62. The summed E-state index contributed by atoms with van der Waals surface area (Å²) in [7, 11) is 0. The van der Waals surface area contributed by atoms with E-state index in [9.17, 15) is 9.59 Å². The van der Waals surface area contributed by atoms with E-state index in [-0.39, 0.29) is 29.5 Å². The second-order valence-electron chi connectivity index (χ2n) is 9.42. The summed E-state index contributed by atoms with van der Waals surface area (Å²) in [5, 5.41) is 2.21. The smallest absolute Gasteiger partial charge is 0.278 e. The van der Waals surface area contributed by atoms with Gasteiger partial charge in [-0.3, -0.25) is 14.3 Å². The molecule has 2 N–H and O–H groups in total. The molecule has 1 aliphatic carbocycles. The Morgan fingerprint density at radius 1 is 1.18 bits per heavy atom. The van der Waals surface area contributed by atoms with Crippen molar-refractivity contribution in [3.63, 3.8) is 0 Å². The van der Waals surface area contributed by atoms with Gasteiger partial charge in [0.15, 0.2) is 0 Å². The summed E-state index contributed by atoms with van der Waals surface area (Å²) >= 11 is 8.00. The van der Waals surface area contributed by atoms with Gasteiger partial charge in [0, 0.05) is 38.9 Å². The molecule has 5 aromatic rings. The zero-order chi connectivity index (χ0) is 26.4. The molecule has 0 bridgehead atoms. The molecule has 1 fully saturated rings. The first-order chi connectivity index (χ1) is 18.4. The van der Waals surface area contributed by atoms with Crippen molar-refractivity contribution < 1.29 is 9.18 Å². The molecular weight excluding hydrogens is 523 g/mol. The van der Waals surface area contributed by atoms with E-state index in [1.807, 2.05) is 37.3 Å². The highest BCUT2D eigenvalue weighted by atomic mass is 35.5. The third-order valence-electron chi connectivity index (χ3n) is 6.84. The Kier molecular flexibility index (Phi) is 6.45. The summed E-state index contributed by atoms with van der Waals surface area (Å²) in [5.41, 5.74) is 3.21. The number of fused-ring (bicyclic) bond motifs is 2. The van der Waals surface area contributed by atoms with E-state index in [4.69, 9.17) is 11.6 Å². The van der Waals surface area contributed by atoms with Gasteiger partial charge < -0.3 is 9.55 Å². The van der Waals surface area contributed by atoms with Crippen LogP contribution in [0.3, 0.4) is 0 Å². The number of H-pyrrole nitrogens is 1. The van der Waals surface area contributed by atoms with Crippen LogP contribution in [-0.4, -0.2) is 25.7 Å². The van der Waals surface area contributed by atoms with Crippen LogP contribution in [0.5, 0.6) is 0 Å². The molecule has 6 rings (SSSR count). The fourth-order valence-corrected chi connectivity index (χ4v) is 5.71. The number of aryl methyl sites for hydroxylation is 1. The van der Waals surface area contributed by atoms with Gasteiger partial charge in [0.25, 0.3) is 11.5 Å². The van der Waals surface area contributed by atoms with E-state index in [0.29, 0.717) is 50.0 Å². The van der Waals surface area contributed by atoms with Crippen molar-refractivity contribution in [3.05, 3.63) is 98.9 Å². The van der Waals surface area contributed by atoms with Gasteiger partial charge in [-0.15, -0.1) is 0 Å². The summed E-state index contributed by atoms with van der Waals surface area (Å²) < 4.78 is 19.9. The van der Waals surface area contributed by atoms with E-state index in [1.165, 1.54) is 18.0 Å². The second kappa shape index (κ2) is 9.93. The number of carbonyl (C=O) groups excluding carboxylic acids is 1. The first-order valence-electron chi connectivity index (χ1n) is 12.5. The van der Waals surface area contributed by atoms with Crippen LogP contribution in [0.4, 0.5) is 4.39 Å². The number of aromatic nitrogens is 3. The number of hydrogen-bond acceptors (Lipinski definition) is 4. The number of benzene rings is 2. The lowest BCUT2D eigenvalue weighted by atomic mass is 10.0. The molecule has 3 aromatic heterocycles. The lowest BCUT2D eigenvalue weighted by Gasteiger charge is -2.14. The molecule has 1 amide bonds. The van der Waals surface area contributed by atoms with Crippen molar-refractivity contribution >= 4 is 51.3 Å². The van der Waals surface area contributed by atoms with Crippen LogP contribution in [0.25, 0.3) is 32.9 Å². The van der Waals surface area contributed by atoms with Crippen molar-refractivity contribution in [2.45, 2.75) is 38.0 Å². The van der Waals surface area contributed by atoms with E-state index in [1.54, 1.807) is 29.0 Å². The van der Waals surface area contributed by atoms with Crippen molar-refractivity contribution in [2.24, 2.45) is 0 Å². The highest BCUT2D eigenvalue weighted by Gasteiger charge is 2.29. The monoisotopic (exact) mass is 546 g/mol. The fraction of sp³-hybridized carbons (Fsp3) is 0.207. The summed E-state index contributed by atoms with van der Waals surface area (Å²) in [5.74, 6) is -0.714. The molecule has 1 saturated carbocycles. The van der Waals surface area contributed by atoms with Gasteiger partial charge in [-0.05, 0) is 73.2 Å². The van der Waals surface area contributed by atoms with Crippen LogP contribution in [-0.2, 0) is 13.0 Å². The summed E-state index contributed by atoms with van der Waals surface area (Å²) in [6.07, 6.45) is 4.10. The topological polar surface area (TPSA) is 79.8 Å². The largest absolute Gasteiger partial charge is 0.331 e. The zero-order valence-electron chi connectivity index (χ0n) is 20.6. The highest BCUT2D eigenvalue weighted by Crippen LogP contribution is 2.38. The van der Waals surface area contributed by atoms with Gasteiger partial charge in [0.2, 0.25) is 0 Å². The quantitative estimate of drug-likeness (QED) is 0.181. The maximum absolute atomic E-state index is 15.2. The predicted octanol–water partition coefficient (Wildman–Crippen LogP) is 6.49. The molecule has 0 spiro atoms. The van der Waals surface area contributed by atoms with E-state index in [0.717, 1.165) is 23.7 Å². The van der Waals surface area contributed by atoms with Gasteiger partial charge >= 0.3 is 0 Å². The number of nitrogens with one attached hydrogen (secondary N) is 2.